The van der Waals surface area contributed by atoms with Crippen LogP contribution in [0.25, 0.3) is 0 Å². The van der Waals surface area contributed by atoms with Crippen molar-refractivity contribution in [2.75, 3.05) is 32.1 Å². The predicted molar refractivity (Wildman–Crippen MR) is 65.3 cm³/mol. The predicted octanol–water partition coefficient (Wildman–Crippen LogP) is 1.35. The van der Waals surface area contributed by atoms with Crippen molar-refractivity contribution in [3.63, 3.8) is 0 Å². The molecule has 88 valence electrons. The Morgan fingerprint density at radius 2 is 2.19 bits per heavy atom. The number of carbonyl (C=O) groups is 1. The Kier molecular flexibility index (Phi) is 4.31. The number of hydrogen-bond acceptors (Lipinski definition) is 3. The summed E-state index contributed by atoms with van der Waals surface area (Å²) in [5, 5.41) is 12.1. The lowest BCUT2D eigenvalue weighted by Crippen LogP contribution is -2.28. The van der Waals surface area contributed by atoms with Crippen LogP contribution in [0.2, 0.25) is 0 Å². The van der Waals surface area contributed by atoms with Gasteiger partial charge in [0.1, 0.15) is 0 Å². The highest BCUT2D eigenvalue weighted by molar-refractivity contribution is 5.94. The van der Waals surface area contributed by atoms with Gasteiger partial charge in [0, 0.05) is 20.1 Å². The second-order valence-corrected chi connectivity index (χ2v) is 3.85. The van der Waals surface area contributed by atoms with Crippen molar-refractivity contribution >= 4 is 11.7 Å². The molecule has 0 aromatic heterocycles. The number of rotatable bonds is 5. The van der Waals surface area contributed by atoms with Gasteiger partial charge < -0.3 is 15.3 Å². The minimum atomic E-state index is -0.883. The highest BCUT2D eigenvalue weighted by Crippen LogP contribution is 2.20. The van der Waals surface area contributed by atoms with Gasteiger partial charge in [0.25, 0.3) is 0 Å². The maximum absolute atomic E-state index is 11.1. The van der Waals surface area contributed by atoms with Crippen LogP contribution in [0.3, 0.4) is 0 Å². The third-order valence-electron chi connectivity index (χ3n) is 2.49. The number of carboxylic acid groups (broad SMARTS) is 1. The van der Waals surface area contributed by atoms with E-state index in [1.807, 2.05) is 38.1 Å². The van der Waals surface area contributed by atoms with Gasteiger partial charge in [0.15, 0.2) is 0 Å². The number of likely N-dealkylation sites (N-methyl/N-ethyl adjacent to an activating group) is 2. The third-order valence-corrected chi connectivity index (χ3v) is 2.49. The van der Waals surface area contributed by atoms with E-state index in [-0.39, 0.29) is 0 Å². The Balaban J connectivity index is 2.99. The third kappa shape index (κ3) is 2.97. The van der Waals surface area contributed by atoms with E-state index in [1.165, 1.54) is 0 Å². The van der Waals surface area contributed by atoms with Crippen molar-refractivity contribution in [2.24, 2.45) is 0 Å². The SMILES string of the molecule is CNCCN(C)c1cc(C)ccc1C(=O)O. The van der Waals surface area contributed by atoms with Crippen molar-refractivity contribution in [1.82, 2.24) is 5.32 Å². The van der Waals surface area contributed by atoms with Crippen LogP contribution in [-0.2, 0) is 0 Å². The number of nitrogens with zero attached hydrogens (tertiary/aromatic N) is 1. The van der Waals surface area contributed by atoms with E-state index in [1.54, 1.807) is 6.07 Å². The Bertz CT molecular complexity index is 377. The summed E-state index contributed by atoms with van der Waals surface area (Å²) in [4.78, 5) is 13.0. The molecule has 4 heteroatoms. The van der Waals surface area contributed by atoms with E-state index in [2.05, 4.69) is 5.32 Å². The van der Waals surface area contributed by atoms with Crippen molar-refractivity contribution < 1.29 is 9.90 Å². The summed E-state index contributed by atoms with van der Waals surface area (Å²) in [6, 6.07) is 5.38. The molecule has 0 saturated heterocycles. The fraction of sp³-hybridized carbons (Fsp3) is 0.417. The van der Waals surface area contributed by atoms with Crippen LogP contribution in [0, 0.1) is 6.92 Å². The molecule has 4 nitrogen and oxygen atoms in total. The first-order valence-corrected chi connectivity index (χ1v) is 5.26. The second kappa shape index (κ2) is 5.51. The highest BCUT2D eigenvalue weighted by atomic mass is 16.4. The standard InChI is InChI=1S/C12H18N2O2/c1-9-4-5-10(12(15)16)11(8-9)14(3)7-6-13-2/h4-5,8,13H,6-7H2,1-3H3,(H,15,16). The van der Waals surface area contributed by atoms with Gasteiger partial charge in [0.05, 0.1) is 11.3 Å². The van der Waals surface area contributed by atoms with Gasteiger partial charge in [-0.1, -0.05) is 6.07 Å². The first-order valence-electron chi connectivity index (χ1n) is 5.26. The lowest BCUT2D eigenvalue weighted by Gasteiger charge is -2.21. The van der Waals surface area contributed by atoms with Crippen LogP contribution < -0.4 is 10.2 Å². The van der Waals surface area contributed by atoms with Gasteiger partial charge in [-0.2, -0.15) is 0 Å². The number of aromatic carboxylic acids is 1. The molecular weight excluding hydrogens is 204 g/mol. The molecule has 0 amide bonds. The number of aryl methyl sites for hydroxylation is 1. The quantitative estimate of drug-likeness (QED) is 0.789. The Hall–Kier alpha value is -1.55. The Morgan fingerprint density at radius 3 is 2.75 bits per heavy atom. The Labute approximate surface area is 95.9 Å². The number of carboxylic acids is 1. The molecule has 0 heterocycles. The van der Waals surface area contributed by atoms with E-state index in [9.17, 15) is 4.79 Å². The molecule has 0 bridgehead atoms. The highest BCUT2D eigenvalue weighted by Gasteiger charge is 2.12. The average Bonchev–Trinajstić information content (AvgIpc) is 2.25. The minimum absolute atomic E-state index is 0.351. The first-order chi connectivity index (χ1) is 7.56. The van der Waals surface area contributed by atoms with Crippen molar-refractivity contribution in [3.8, 4) is 0 Å². The summed E-state index contributed by atoms with van der Waals surface area (Å²) >= 11 is 0. The summed E-state index contributed by atoms with van der Waals surface area (Å²) in [6.07, 6.45) is 0. The molecule has 0 fully saturated rings. The monoisotopic (exact) mass is 222 g/mol. The molecule has 0 unspecified atom stereocenters. The molecule has 2 N–H and O–H groups in total. The summed E-state index contributed by atoms with van der Waals surface area (Å²) in [7, 11) is 3.78. The van der Waals surface area contributed by atoms with Crippen LogP contribution in [0.4, 0.5) is 5.69 Å². The lowest BCUT2D eigenvalue weighted by atomic mass is 10.1. The molecule has 1 rings (SSSR count). The van der Waals surface area contributed by atoms with Gasteiger partial charge in [-0.15, -0.1) is 0 Å². The first kappa shape index (κ1) is 12.5. The van der Waals surface area contributed by atoms with E-state index in [0.717, 1.165) is 24.3 Å². The fourth-order valence-electron chi connectivity index (χ4n) is 1.54. The molecular formula is C12H18N2O2. The summed E-state index contributed by atoms with van der Waals surface area (Å²) < 4.78 is 0. The van der Waals surface area contributed by atoms with Gasteiger partial charge >= 0.3 is 5.97 Å². The minimum Gasteiger partial charge on any atom is -0.478 e. The molecule has 0 spiro atoms. The van der Waals surface area contributed by atoms with Crippen molar-refractivity contribution in [2.45, 2.75) is 6.92 Å². The summed E-state index contributed by atoms with van der Waals surface area (Å²) in [6.45, 7) is 3.56. The Morgan fingerprint density at radius 1 is 1.50 bits per heavy atom. The number of hydrogen-bond donors (Lipinski definition) is 2. The zero-order chi connectivity index (χ0) is 12.1. The van der Waals surface area contributed by atoms with Crippen LogP contribution >= 0.6 is 0 Å². The number of benzene rings is 1. The molecule has 0 aliphatic rings. The van der Waals surface area contributed by atoms with E-state index >= 15 is 0 Å². The summed E-state index contributed by atoms with van der Waals surface area (Å²) in [5.41, 5.74) is 2.18. The lowest BCUT2D eigenvalue weighted by molar-refractivity contribution is 0.0697. The van der Waals surface area contributed by atoms with Crippen molar-refractivity contribution in [1.29, 1.82) is 0 Å². The van der Waals surface area contributed by atoms with Gasteiger partial charge in [0.2, 0.25) is 0 Å². The molecule has 0 aliphatic carbocycles. The van der Waals surface area contributed by atoms with E-state index in [0.29, 0.717) is 5.56 Å². The number of anilines is 1. The van der Waals surface area contributed by atoms with Crippen LogP contribution in [-0.4, -0.2) is 38.3 Å². The molecule has 0 aliphatic heterocycles. The second-order valence-electron chi connectivity index (χ2n) is 3.85. The van der Waals surface area contributed by atoms with Crippen LogP contribution in [0.15, 0.2) is 18.2 Å². The zero-order valence-corrected chi connectivity index (χ0v) is 9.95. The average molecular weight is 222 g/mol. The molecule has 0 radical (unpaired) electrons. The maximum atomic E-state index is 11.1. The van der Waals surface area contributed by atoms with Crippen molar-refractivity contribution in [3.05, 3.63) is 29.3 Å². The molecule has 0 atom stereocenters. The maximum Gasteiger partial charge on any atom is 0.337 e. The largest absolute Gasteiger partial charge is 0.478 e. The molecule has 1 aromatic carbocycles. The van der Waals surface area contributed by atoms with Gasteiger partial charge in [-0.25, -0.2) is 4.79 Å². The van der Waals surface area contributed by atoms with E-state index in [4.69, 9.17) is 5.11 Å². The van der Waals surface area contributed by atoms with Gasteiger partial charge in [-0.05, 0) is 31.7 Å². The van der Waals surface area contributed by atoms with Gasteiger partial charge in [-0.3, -0.25) is 0 Å². The normalized spacial score (nSPS) is 10.2. The van der Waals surface area contributed by atoms with Crippen LogP contribution in [0.5, 0.6) is 0 Å². The topological polar surface area (TPSA) is 52.6 Å². The molecule has 0 saturated carbocycles. The number of nitrogens with one attached hydrogen (secondary N) is 1. The van der Waals surface area contributed by atoms with Crippen LogP contribution in [0.1, 0.15) is 15.9 Å². The molecule has 16 heavy (non-hydrogen) atoms. The van der Waals surface area contributed by atoms with E-state index < -0.39 is 5.97 Å². The summed E-state index contributed by atoms with van der Waals surface area (Å²) in [5.74, 6) is -0.883. The smallest absolute Gasteiger partial charge is 0.337 e. The fourth-order valence-corrected chi connectivity index (χ4v) is 1.54. The zero-order valence-electron chi connectivity index (χ0n) is 9.95. The molecule has 1 aromatic rings.